The molecule has 2 aromatic rings. The maximum atomic E-state index is 12.3. The number of rotatable bonds is 5. The highest BCUT2D eigenvalue weighted by atomic mass is 16.5. The van der Waals surface area contributed by atoms with Crippen molar-refractivity contribution in [2.75, 3.05) is 31.2 Å². The average molecular weight is 315 g/mol. The summed E-state index contributed by atoms with van der Waals surface area (Å²) in [5, 5.41) is 2.98. The fourth-order valence-electron chi connectivity index (χ4n) is 2.59. The Hall–Kier alpha value is -2.41. The number of nitrogens with one attached hydrogen (secondary N) is 1. The van der Waals surface area contributed by atoms with Crippen LogP contribution in [0, 0.1) is 0 Å². The zero-order valence-electron chi connectivity index (χ0n) is 13.2. The number of aromatic nitrogens is 3. The highest BCUT2D eigenvalue weighted by Gasteiger charge is 2.18. The van der Waals surface area contributed by atoms with Crippen LogP contribution < -0.4 is 10.2 Å². The summed E-state index contributed by atoms with van der Waals surface area (Å²) in [6, 6.07) is 3.60. The van der Waals surface area contributed by atoms with Crippen molar-refractivity contribution in [3.63, 3.8) is 0 Å². The largest absolute Gasteiger partial charge is 0.378 e. The minimum absolute atomic E-state index is 0.0419. The van der Waals surface area contributed by atoms with E-state index in [2.05, 4.69) is 20.2 Å². The van der Waals surface area contributed by atoms with Gasteiger partial charge in [0.15, 0.2) is 0 Å². The van der Waals surface area contributed by atoms with Gasteiger partial charge in [-0.3, -0.25) is 4.79 Å². The predicted octanol–water partition coefficient (Wildman–Crippen LogP) is 0.992. The van der Waals surface area contributed by atoms with E-state index in [-0.39, 0.29) is 11.9 Å². The molecule has 122 valence electrons. The molecule has 7 heteroatoms. The molecular weight excluding hydrogens is 294 g/mol. The molecule has 3 rings (SSSR count). The zero-order valence-corrected chi connectivity index (χ0v) is 13.2. The first-order valence-electron chi connectivity index (χ1n) is 7.77. The van der Waals surface area contributed by atoms with Crippen molar-refractivity contribution < 1.29 is 9.53 Å². The molecule has 1 atom stereocenters. The number of morpholine rings is 1. The lowest BCUT2D eigenvalue weighted by molar-refractivity contribution is -0.124. The van der Waals surface area contributed by atoms with Gasteiger partial charge in [-0.05, 0) is 13.0 Å². The topological polar surface area (TPSA) is 72.3 Å². The summed E-state index contributed by atoms with van der Waals surface area (Å²) in [5.74, 6) is 0.881. The molecule has 3 heterocycles. The third-order valence-corrected chi connectivity index (χ3v) is 3.98. The third-order valence-electron chi connectivity index (χ3n) is 3.98. The van der Waals surface area contributed by atoms with Crippen molar-refractivity contribution in [1.82, 2.24) is 19.9 Å². The number of anilines is 1. The zero-order chi connectivity index (χ0) is 16.1. The molecule has 1 aliphatic rings. The van der Waals surface area contributed by atoms with E-state index in [0.717, 1.165) is 24.5 Å². The molecule has 7 nitrogen and oxygen atoms in total. The van der Waals surface area contributed by atoms with Crippen LogP contribution in [0.15, 0.2) is 37.1 Å². The molecule has 0 spiro atoms. The second kappa shape index (κ2) is 7.23. The van der Waals surface area contributed by atoms with Crippen molar-refractivity contribution in [3.05, 3.63) is 42.6 Å². The van der Waals surface area contributed by atoms with Crippen molar-refractivity contribution >= 4 is 11.7 Å². The van der Waals surface area contributed by atoms with Crippen molar-refractivity contribution in [2.45, 2.75) is 19.5 Å². The van der Waals surface area contributed by atoms with E-state index in [1.807, 2.05) is 19.1 Å². The first-order chi connectivity index (χ1) is 11.3. The van der Waals surface area contributed by atoms with Crippen LogP contribution in [-0.2, 0) is 16.1 Å². The normalized spacial score (nSPS) is 16.1. The number of hydrogen-bond acceptors (Lipinski definition) is 5. The number of amides is 1. The van der Waals surface area contributed by atoms with Crippen LogP contribution in [0.5, 0.6) is 0 Å². The van der Waals surface area contributed by atoms with Gasteiger partial charge in [0.05, 0.1) is 19.5 Å². The maximum Gasteiger partial charge on any atom is 0.243 e. The quantitative estimate of drug-likeness (QED) is 0.891. The summed E-state index contributed by atoms with van der Waals surface area (Å²) >= 11 is 0. The van der Waals surface area contributed by atoms with Gasteiger partial charge in [0.1, 0.15) is 11.9 Å². The molecule has 0 saturated carbocycles. The molecule has 1 N–H and O–H groups in total. The van der Waals surface area contributed by atoms with E-state index in [9.17, 15) is 4.79 Å². The Morgan fingerprint density at radius 1 is 1.39 bits per heavy atom. The second-order valence-electron chi connectivity index (χ2n) is 5.49. The fourth-order valence-corrected chi connectivity index (χ4v) is 2.59. The molecule has 0 unspecified atom stereocenters. The highest BCUT2D eigenvalue weighted by Crippen LogP contribution is 2.18. The molecule has 0 aliphatic carbocycles. The second-order valence-corrected chi connectivity index (χ2v) is 5.49. The Balaban J connectivity index is 1.65. The molecule has 23 heavy (non-hydrogen) atoms. The summed E-state index contributed by atoms with van der Waals surface area (Å²) in [5.41, 5.74) is 1.01. The van der Waals surface area contributed by atoms with Crippen LogP contribution in [0.3, 0.4) is 0 Å². The monoisotopic (exact) mass is 315 g/mol. The van der Waals surface area contributed by atoms with Crippen LogP contribution in [0.4, 0.5) is 5.82 Å². The van der Waals surface area contributed by atoms with Crippen LogP contribution >= 0.6 is 0 Å². The maximum absolute atomic E-state index is 12.3. The van der Waals surface area contributed by atoms with Crippen molar-refractivity contribution in [1.29, 1.82) is 0 Å². The molecule has 2 aromatic heterocycles. The van der Waals surface area contributed by atoms with Gasteiger partial charge in [0, 0.05) is 43.8 Å². The molecule has 1 amide bonds. The lowest BCUT2D eigenvalue weighted by atomic mass is 10.2. The first-order valence-corrected chi connectivity index (χ1v) is 7.77. The lowest BCUT2D eigenvalue weighted by Gasteiger charge is -2.29. The van der Waals surface area contributed by atoms with E-state index in [1.54, 1.807) is 29.5 Å². The highest BCUT2D eigenvalue weighted by molar-refractivity contribution is 5.80. The molecule has 0 aromatic carbocycles. The summed E-state index contributed by atoms with van der Waals surface area (Å²) < 4.78 is 7.16. The number of carbonyl (C=O) groups is 1. The van der Waals surface area contributed by atoms with Crippen LogP contribution in [0.1, 0.15) is 18.5 Å². The van der Waals surface area contributed by atoms with Gasteiger partial charge in [-0.1, -0.05) is 6.07 Å². The van der Waals surface area contributed by atoms with Gasteiger partial charge < -0.3 is 19.5 Å². The van der Waals surface area contributed by atoms with Gasteiger partial charge >= 0.3 is 0 Å². The summed E-state index contributed by atoms with van der Waals surface area (Å²) in [6.07, 6.45) is 6.88. The fraction of sp³-hybridized carbons (Fsp3) is 0.438. The summed E-state index contributed by atoms with van der Waals surface area (Å²) in [7, 11) is 0. The number of carbonyl (C=O) groups excluding carboxylic acids is 1. The van der Waals surface area contributed by atoms with E-state index in [1.165, 1.54) is 0 Å². The van der Waals surface area contributed by atoms with Gasteiger partial charge in [-0.25, -0.2) is 9.97 Å². The lowest BCUT2D eigenvalue weighted by Crippen LogP contribution is -2.38. The molecule has 1 saturated heterocycles. The average Bonchev–Trinajstić information content (AvgIpc) is 3.14. The Morgan fingerprint density at radius 2 is 2.22 bits per heavy atom. The van der Waals surface area contributed by atoms with Crippen LogP contribution in [-0.4, -0.2) is 46.7 Å². The Labute approximate surface area is 135 Å². The van der Waals surface area contributed by atoms with Gasteiger partial charge in [0.2, 0.25) is 5.91 Å². The van der Waals surface area contributed by atoms with Gasteiger partial charge in [-0.15, -0.1) is 0 Å². The smallest absolute Gasteiger partial charge is 0.243 e. The third kappa shape index (κ3) is 3.68. The Morgan fingerprint density at radius 3 is 2.96 bits per heavy atom. The van der Waals surface area contributed by atoms with Crippen molar-refractivity contribution in [2.24, 2.45) is 0 Å². The van der Waals surface area contributed by atoms with E-state index in [0.29, 0.717) is 19.8 Å². The number of hydrogen-bond donors (Lipinski definition) is 1. The Bertz CT molecular complexity index is 638. The number of pyridine rings is 1. The number of imidazole rings is 1. The molecule has 0 radical (unpaired) electrons. The van der Waals surface area contributed by atoms with Gasteiger partial charge in [-0.2, -0.15) is 0 Å². The SMILES string of the molecule is C[C@@H](C(=O)NCc1cccnc1N1CCOCC1)n1ccnc1. The van der Waals surface area contributed by atoms with Crippen molar-refractivity contribution in [3.8, 4) is 0 Å². The first kappa shape index (κ1) is 15.5. The van der Waals surface area contributed by atoms with E-state index in [4.69, 9.17) is 4.74 Å². The standard InChI is InChI=1S/C16H21N5O2/c1-13(21-6-5-17-12-21)16(22)19-11-14-3-2-4-18-15(14)20-7-9-23-10-8-20/h2-6,12-13H,7-11H2,1H3,(H,19,22)/t13-/m0/s1. The van der Waals surface area contributed by atoms with Crippen LogP contribution in [0.25, 0.3) is 0 Å². The van der Waals surface area contributed by atoms with E-state index >= 15 is 0 Å². The summed E-state index contributed by atoms with van der Waals surface area (Å²) in [6.45, 7) is 5.37. The Kier molecular flexibility index (Phi) is 4.87. The molecular formula is C16H21N5O2. The predicted molar refractivity (Wildman–Crippen MR) is 86.1 cm³/mol. The van der Waals surface area contributed by atoms with Gasteiger partial charge in [0.25, 0.3) is 0 Å². The molecule has 0 bridgehead atoms. The minimum atomic E-state index is -0.291. The molecule has 1 fully saturated rings. The number of nitrogens with zero attached hydrogens (tertiary/aromatic N) is 4. The minimum Gasteiger partial charge on any atom is -0.378 e. The van der Waals surface area contributed by atoms with E-state index < -0.39 is 0 Å². The molecule has 1 aliphatic heterocycles. The number of ether oxygens (including phenoxy) is 1. The van der Waals surface area contributed by atoms with Crippen LogP contribution in [0.2, 0.25) is 0 Å². The summed E-state index contributed by atoms with van der Waals surface area (Å²) in [4.78, 5) is 22.9.